The van der Waals surface area contributed by atoms with E-state index in [-0.39, 0.29) is 5.82 Å². The Kier molecular flexibility index (Phi) is 4.84. The van der Waals surface area contributed by atoms with Gasteiger partial charge in [-0.2, -0.15) is 0 Å². The summed E-state index contributed by atoms with van der Waals surface area (Å²) < 4.78 is 18.7. The maximum absolute atomic E-state index is 13.2. The lowest BCUT2D eigenvalue weighted by Gasteiger charge is -2.21. The third-order valence-corrected chi connectivity index (χ3v) is 3.58. The summed E-state index contributed by atoms with van der Waals surface area (Å²) in [6.45, 7) is 0.636. The molecule has 0 amide bonds. The third kappa shape index (κ3) is 4.03. The highest BCUT2D eigenvalue weighted by Crippen LogP contribution is 2.27. The average Bonchev–Trinajstić information content (AvgIpc) is 2.38. The molecule has 0 saturated heterocycles. The van der Waals surface area contributed by atoms with Crippen LogP contribution in [0.15, 0.2) is 24.3 Å². The summed E-state index contributed by atoms with van der Waals surface area (Å²) in [7, 11) is 0. The Labute approximate surface area is 103 Å². The lowest BCUT2D eigenvalue weighted by Crippen LogP contribution is -2.08. The molecule has 2 heteroatoms. The Morgan fingerprint density at radius 1 is 1.12 bits per heavy atom. The minimum Gasteiger partial charge on any atom is -0.491 e. The van der Waals surface area contributed by atoms with E-state index in [4.69, 9.17) is 4.74 Å². The zero-order valence-electron chi connectivity index (χ0n) is 10.3. The van der Waals surface area contributed by atoms with Crippen LogP contribution in [0.2, 0.25) is 0 Å². The first-order valence-corrected chi connectivity index (χ1v) is 6.73. The molecule has 1 saturated carbocycles. The van der Waals surface area contributed by atoms with Gasteiger partial charge in [0.15, 0.2) is 11.6 Å². The highest BCUT2D eigenvalue weighted by molar-refractivity contribution is 5.23. The van der Waals surface area contributed by atoms with Crippen molar-refractivity contribution in [2.45, 2.75) is 44.9 Å². The number of hydrogen-bond donors (Lipinski definition) is 0. The minimum atomic E-state index is -0.259. The summed E-state index contributed by atoms with van der Waals surface area (Å²) in [5.41, 5.74) is 0. The normalized spacial score (nSPS) is 17.0. The number of para-hydroxylation sites is 1. The van der Waals surface area contributed by atoms with Crippen LogP contribution in [0.1, 0.15) is 44.9 Å². The van der Waals surface area contributed by atoms with E-state index in [1.807, 2.05) is 0 Å². The zero-order valence-corrected chi connectivity index (χ0v) is 10.3. The van der Waals surface area contributed by atoms with Crippen molar-refractivity contribution in [1.29, 1.82) is 0 Å². The van der Waals surface area contributed by atoms with Gasteiger partial charge in [0, 0.05) is 0 Å². The summed E-state index contributed by atoms with van der Waals surface area (Å²) in [5, 5.41) is 0. The van der Waals surface area contributed by atoms with E-state index in [0.717, 1.165) is 12.3 Å². The Hall–Kier alpha value is -1.05. The van der Waals surface area contributed by atoms with Crippen LogP contribution in [0.4, 0.5) is 4.39 Å². The molecule has 0 spiro atoms. The summed E-state index contributed by atoms with van der Waals surface area (Å²) in [4.78, 5) is 0. The van der Waals surface area contributed by atoms with Crippen LogP contribution in [0.5, 0.6) is 5.75 Å². The van der Waals surface area contributed by atoms with Crippen molar-refractivity contribution < 1.29 is 9.13 Å². The zero-order chi connectivity index (χ0) is 11.9. The summed E-state index contributed by atoms with van der Waals surface area (Å²) in [6.07, 6.45) is 9.20. The van der Waals surface area contributed by atoms with Gasteiger partial charge in [-0.05, 0) is 30.9 Å². The van der Waals surface area contributed by atoms with Crippen LogP contribution in [0.25, 0.3) is 0 Å². The number of rotatable bonds is 5. The fourth-order valence-corrected chi connectivity index (χ4v) is 2.59. The first-order chi connectivity index (χ1) is 8.36. The molecule has 0 radical (unpaired) electrons. The molecular formula is C15H21FO. The smallest absolute Gasteiger partial charge is 0.165 e. The molecule has 0 atom stereocenters. The molecule has 1 nitrogen and oxygen atoms in total. The van der Waals surface area contributed by atoms with Crippen LogP contribution < -0.4 is 4.74 Å². The number of ether oxygens (including phenoxy) is 1. The molecule has 0 unspecified atom stereocenters. The van der Waals surface area contributed by atoms with Crippen LogP contribution in [-0.4, -0.2) is 6.61 Å². The van der Waals surface area contributed by atoms with Gasteiger partial charge < -0.3 is 4.74 Å². The molecule has 2 rings (SSSR count). The highest BCUT2D eigenvalue weighted by atomic mass is 19.1. The summed E-state index contributed by atoms with van der Waals surface area (Å²) in [5.74, 6) is 1.01. The molecule has 0 N–H and O–H groups in total. The van der Waals surface area contributed by atoms with E-state index < -0.39 is 0 Å². The van der Waals surface area contributed by atoms with Gasteiger partial charge in [-0.15, -0.1) is 0 Å². The van der Waals surface area contributed by atoms with Gasteiger partial charge in [0.2, 0.25) is 0 Å². The first kappa shape index (κ1) is 12.4. The molecule has 0 aromatic heterocycles. The molecule has 1 aromatic carbocycles. The second-order valence-corrected chi connectivity index (χ2v) is 4.93. The molecule has 1 aliphatic carbocycles. The molecule has 17 heavy (non-hydrogen) atoms. The van der Waals surface area contributed by atoms with Crippen molar-refractivity contribution in [2.75, 3.05) is 6.61 Å². The van der Waals surface area contributed by atoms with Gasteiger partial charge in [0.25, 0.3) is 0 Å². The molecule has 94 valence electrons. The quantitative estimate of drug-likeness (QED) is 0.681. The Morgan fingerprint density at radius 3 is 2.65 bits per heavy atom. The fourth-order valence-electron chi connectivity index (χ4n) is 2.59. The van der Waals surface area contributed by atoms with Gasteiger partial charge in [0.1, 0.15) is 0 Å². The van der Waals surface area contributed by atoms with Crippen molar-refractivity contribution in [1.82, 2.24) is 0 Å². The molecule has 1 fully saturated rings. The standard InChI is InChI=1S/C15H21FO/c16-14-10-4-5-11-15(14)17-12-6-9-13-7-2-1-3-8-13/h4-5,10-11,13H,1-3,6-9,12H2. The van der Waals surface area contributed by atoms with E-state index in [2.05, 4.69) is 0 Å². The van der Waals surface area contributed by atoms with Crippen LogP contribution >= 0.6 is 0 Å². The minimum absolute atomic E-state index is 0.259. The van der Waals surface area contributed by atoms with Crippen molar-refractivity contribution in [2.24, 2.45) is 5.92 Å². The molecule has 0 heterocycles. The molecule has 1 aliphatic rings. The van der Waals surface area contributed by atoms with E-state index >= 15 is 0 Å². The monoisotopic (exact) mass is 236 g/mol. The van der Waals surface area contributed by atoms with Gasteiger partial charge in [-0.1, -0.05) is 44.2 Å². The number of benzene rings is 1. The topological polar surface area (TPSA) is 9.23 Å². The Balaban J connectivity index is 1.64. The molecule has 1 aromatic rings. The van der Waals surface area contributed by atoms with Crippen molar-refractivity contribution in [3.05, 3.63) is 30.1 Å². The predicted molar refractivity (Wildman–Crippen MR) is 67.7 cm³/mol. The van der Waals surface area contributed by atoms with Crippen LogP contribution in [-0.2, 0) is 0 Å². The number of hydrogen-bond acceptors (Lipinski definition) is 1. The largest absolute Gasteiger partial charge is 0.491 e. The van der Waals surface area contributed by atoms with E-state index in [9.17, 15) is 4.39 Å². The van der Waals surface area contributed by atoms with Crippen LogP contribution in [0.3, 0.4) is 0 Å². The molecule has 0 bridgehead atoms. The maximum Gasteiger partial charge on any atom is 0.165 e. The van der Waals surface area contributed by atoms with Crippen LogP contribution in [0, 0.1) is 11.7 Å². The van der Waals surface area contributed by atoms with Gasteiger partial charge >= 0.3 is 0 Å². The average molecular weight is 236 g/mol. The number of halogens is 1. The van der Waals surface area contributed by atoms with Gasteiger partial charge in [-0.3, -0.25) is 0 Å². The van der Waals surface area contributed by atoms with Crippen molar-refractivity contribution in [3.63, 3.8) is 0 Å². The van der Waals surface area contributed by atoms with E-state index in [1.54, 1.807) is 18.2 Å². The molecule has 0 aliphatic heterocycles. The second-order valence-electron chi connectivity index (χ2n) is 4.93. The van der Waals surface area contributed by atoms with E-state index in [1.165, 1.54) is 44.6 Å². The second kappa shape index (κ2) is 6.63. The molecular weight excluding hydrogens is 215 g/mol. The lowest BCUT2D eigenvalue weighted by atomic mass is 9.86. The van der Waals surface area contributed by atoms with Crippen molar-refractivity contribution >= 4 is 0 Å². The SMILES string of the molecule is Fc1ccccc1OCCCC1CCCCC1. The predicted octanol–water partition coefficient (Wildman–Crippen LogP) is 4.57. The fraction of sp³-hybridized carbons (Fsp3) is 0.600. The van der Waals surface area contributed by atoms with Gasteiger partial charge in [-0.25, -0.2) is 4.39 Å². The third-order valence-electron chi connectivity index (χ3n) is 3.58. The Bertz CT molecular complexity index is 331. The van der Waals surface area contributed by atoms with Crippen molar-refractivity contribution in [3.8, 4) is 5.75 Å². The highest BCUT2D eigenvalue weighted by Gasteiger charge is 2.12. The van der Waals surface area contributed by atoms with E-state index in [0.29, 0.717) is 12.4 Å². The summed E-state index contributed by atoms with van der Waals surface area (Å²) >= 11 is 0. The maximum atomic E-state index is 13.2. The Morgan fingerprint density at radius 2 is 1.88 bits per heavy atom. The summed E-state index contributed by atoms with van der Waals surface area (Å²) in [6, 6.07) is 6.62. The lowest BCUT2D eigenvalue weighted by molar-refractivity contribution is 0.261. The van der Waals surface area contributed by atoms with Gasteiger partial charge in [0.05, 0.1) is 6.61 Å². The first-order valence-electron chi connectivity index (χ1n) is 6.73.